The van der Waals surface area contributed by atoms with Gasteiger partial charge in [0.2, 0.25) is 5.91 Å². The van der Waals surface area contributed by atoms with Gasteiger partial charge < -0.3 is 10.6 Å². The maximum absolute atomic E-state index is 12.0. The van der Waals surface area contributed by atoms with Crippen LogP contribution in [-0.2, 0) is 4.79 Å². The van der Waals surface area contributed by atoms with Crippen molar-refractivity contribution in [3.05, 3.63) is 48.0 Å². The molecule has 19 heavy (non-hydrogen) atoms. The van der Waals surface area contributed by atoms with Crippen LogP contribution in [0.3, 0.4) is 0 Å². The van der Waals surface area contributed by atoms with Gasteiger partial charge in [0, 0.05) is 13.1 Å². The molecule has 0 saturated carbocycles. The highest BCUT2D eigenvalue weighted by Crippen LogP contribution is 2.24. The van der Waals surface area contributed by atoms with Gasteiger partial charge in [-0.2, -0.15) is 0 Å². The minimum atomic E-state index is 0.0409. The Balaban J connectivity index is 1.84. The second kappa shape index (κ2) is 5.02. The molecule has 2 aromatic carbocycles. The molecule has 0 aromatic heterocycles. The molecule has 1 amide bonds. The normalized spacial score (nSPS) is 16.9. The summed E-state index contributed by atoms with van der Waals surface area (Å²) < 4.78 is 0. The highest BCUT2D eigenvalue weighted by Gasteiger charge is 2.26. The van der Waals surface area contributed by atoms with Crippen LogP contribution in [0, 0.1) is 5.92 Å². The molecule has 1 fully saturated rings. The average Bonchev–Trinajstić information content (AvgIpc) is 2.35. The molecule has 3 nitrogen and oxygen atoms in total. The first-order chi connectivity index (χ1) is 9.25. The van der Waals surface area contributed by atoms with Gasteiger partial charge in [-0.15, -0.1) is 0 Å². The number of benzene rings is 2. The van der Waals surface area contributed by atoms with Crippen molar-refractivity contribution in [3.8, 4) is 0 Å². The van der Waals surface area contributed by atoms with Crippen molar-refractivity contribution in [1.82, 2.24) is 10.6 Å². The smallest absolute Gasteiger partial charge is 0.226 e. The molecule has 1 heterocycles. The van der Waals surface area contributed by atoms with Crippen molar-refractivity contribution < 1.29 is 4.79 Å². The van der Waals surface area contributed by atoms with E-state index >= 15 is 0 Å². The number of rotatable bonds is 3. The van der Waals surface area contributed by atoms with Gasteiger partial charge >= 0.3 is 0 Å². The summed E-state index contributed by atoms with van der Waals surface area (Å²) >= 11 is 0. The van der Waals surface area contributed by atoms with Gasteiger partial charge in [-0.3, -0.25) is 4.79 Å². The van der Waals surface area contributed by atoms with E-state index in [1.807, 2.05) is 25.1 Å². The van der Waals surface area contributed by atoms with Crippen LogP contribution >= 0.6 is 0 Å². The molecule has 0 radical (unpaired) electrons. The number of amides is 1. The molecule has 1 saturated heterocycles. The Morgan fingerprint density at radius 3 is 2.68 bits per heavy atom. The van der Waals surface area contributed by atoms with Crippen LogP contribution in [0.2, 0.25) is 0 Å². The van der Waals surface area contributed by atoms with Gasteiger partial charge in [-0.1, -0.05) is 42.5 Å². The fourth-order valence-corrected chi connectivity index (χ4v) is 2.51. The fourth-order valence-electron chi connectivity index (χ4n) is 2.51. The standard InChI is InChI=1S/C16H18N2O/c1-11(18-16(19)13-9-17-10-13)14-8-4-6-12-5-2-3-7-15(12)14/h2-8,11,13,17H,9-10H2,1H3,(H,18,19)/t11-/m1/s1. The predicted molar refractivity (Wildman–Crippen MR) is 76.9 cm³/mol. The largest absolute Gasteiger partial charge is 0.349 e. The molecule has 0 unspecified atom stereocenters. The van der Waals surface area contributed by atoms with Crippen LogP contribution in [0.25, 0.3) is 10.8 Å². The lowest BCUT2D eigenvalue weighted by atomic mass is 9.98. The summed E-state index contributed by atoms with van der Waals surface area (Å²) in [5, 5.41) is 8.66. The lowest BCUT2D eigenvalue weighted by molar-refractivity contribution is -0.127. The molecule has 0 bridgehead atoms. The van der Waals surface area contributed by atoms with Crippen LogP contribution in [0.15, 0.2) is 42.5 Å². The van der Waals surface area contributed by atoms with Crippen molar-refractivity contribution in [2.24, 2.45) is 5.92 Å². The van der Waals surface area contributed by atoms with E-state index in [9.17, 15) is 4.79 Å². The Morgan fingerprint density at radius 2 is 1.95 bits per heavy atom. The molecular weight excluding hydrogens is 236 g/mol. The van der Waals surface area contributed by atoms with Gasteiger partial charge in [0.15, 0.2) is 0 Å². The number of carbonyl (C=O) groups excluding carboxylic acids is 1. The van der Waals surface area contributed by atoms with Crippen molar-refractivity contribution in [2.45, 2.75) is 13.0 Å². The van der Waals surface area contributed by atoms with E-state index in [0.29, 0.717) is 0 Å². The highest BCUT2D eigenvalue weighted by molar-refractivity contribution is 5.87. The lowest BCUT2D eigenvalue weighted by Gasteiger charge is -2.28. The molecule has 1 aliphatic heterocycles. The molecule has 0 aliphatic carbocycles. The minimum Gasteiger partial charge on any atom is -0.349 e. The Kier molecular flexibility index (Phi) is 3.22. The zero-order valence-corrected chi connectivity index (χ0v) is 11.0. The van der Waals surface area contributed by atoms with Crippen molar-refractivity contribution in [2.75, 3.05) is 13.1 Å². The summed E-state index contributed by atoms with van der Waals surface area (Å²) in [6, 6.07) is 14.6. The Bertz CT molecular complexity index is 599. The van der Waals surface area contributed by atoms with Gasteiger partial charge in [0.05, 0.1) is 12.0 Å². The molecule has 3 heteroatoms. The topological polar surface area (TPSA) is 41.1 Å². The van der Waals surface area contributed by atoms with Crippen molar-refractivity contribution >= 4 is 16.7 Å². The van der Waals surface area contributed by atoms with Gasteiger partial charge in [-0.25, -0.2) is 0 Å². The fraction of sp³-hybridized carbons (Fsp3) is 0.312. The number of hydrogen-bond donors (Lipinski definition) is 2. The summed E-state index contributed by atoms with van der Waals surface area (Å²) in [6.45, 7) is 3.65. The highest BCUT2D eigenvalue weighted by atomic mass is 16.2. The number of nitrogens with one attached hydrogen (secondary N) is 2. The molecule has 3 rings (SSSR count). The molecule has 1 atom stereocenters. The number of fused-ring (bicyclic) bond motifs is 1. The number of carbonyl (C=O) groups is 1. The molecule has 98 valence electrons. The van der Waals surface area contributed by atoms with E-state index in [4.69, 9.17) is 0 Å². The van der Waals surface area contributed by atoms with E-state index in [2.05, 4.69) is 34.9 Å². The van der Waals surface area contributed by atoms with Crippen LogP contribution in [0.4, 0.5) is 0 Å². The quantitative estimate of drug-likeness (QED) is 0.882. The summed E-state index contributed by atoms with van der Waals surface area (Å²) in [6.07, 6.45) is 0. The molecule has 2 aromatic rings. The summed E-state index contributed by atoms with van der Waals surface area (Å²) in [5.74, 6) is 0.289. The summed E-state index contributed by atoms with van der Waals surface area (Å²) in [5.41, 5.74) is 1.18. The summed E-state index contributed by atoms with van der Waals surface area (Å²) in [7, 11) is 0. The van der Waals surface area contributed by atoms with Crippen LogP contribution in [0.5, 0.6) is 0 Å². The SMILES string of the molecule is C[C@@H](NC(=O)C1CNC1)c1cccc2ccccc12. The van der Waals surface area contributed by atoms with Gasteiger partial charge in [0.25, 0.3) is 0 Å². The van der Waals surface area contributed by atoms with E-state index in [0.717, 1.165) is 13.1 Å². The molecule has 2 N–H and O–H groups in total. The van der Waals surface area contributed by atoms with Gasteiger partial charge in [0.1, 0.15) is 0 Å². The lowest BCUT2D eigenvalue weighted by Crippen LogP contribution is -2.51. The third-order valence-electron chi connectivity index (χ3n) is 3.80. The van der Waals surface area contributed by atoms with Crippen molar-refractivity contribution in [3.63, 3.8) is 0 Å². The first kappa shape index (κ1) is 12.2. The molecule has 0 spiro atoms. The van der Waals surface area contributed by atoms with E-state index < -0.39 is 0 Å². The first-order valence-corrected chi connectivity index (χ1v) is 6.74. The maximum atomic E-state index is 12.0. The monoisotopic (exact) mass is 254 g/mol. The Hall–Kier alpha value is -1.87. The second-order valence-electron chi connectivity index (χ2n) is 5.15. The zero-order valence-electron chi connectivity index (χ0n) is 11.0. The maximum Gasteiger partial charge on any atom is 0.226 e. The van der Waals surface area contributed by atoms with Crippen molar-refractivity contribution in [1.29, 1.82) is 0 Å². The summed E-state index contributed by atoms with van der Waals surface area (Å²) in [4.78, 5) is 12.0. The van der Waals surface area contributed by atoms with Crippen LogP contribution < -0.4 is 10.6 Å². The van der Waals surface area contributed by atoms with Crippen LogP contribution in [-0.4, -0.2) is 19.0 Å². The second-order valence-corrected chi connectivity index (χ2v) is 5.15. The number of hydrogen-bond acceptors (Lipinski definition) is 2. The Morgan fingerprint density at radius 1 is 1.21 bits per heavy atom. The van der Waals surface area contributed by atoms with Crippen LogP contribution in [0.1, 0.15) is 18.5 Å². The average molecular weight is 254 g/mol. The Labute approximate surface area is 113 Å². The third kappa shape index (κ3) is 2.34. The van der Waals surface area contributed by atoms with E-state index in [1.165, 1.54) is 16.3 Å². The van der Waals surface area contributed by atoms with E-state index in [-0.39, 0.29) is 17.9 Å². The first-order valence-electron chi connectivity index (χ1n) is 6.74. The van der Waals surface area contributed by atoms with Gasteiger partial charge in [-0.05, 0) is 23.3 Å². The minimum absolute atomic E-state index is 0.0409. The molecular formula is C16H18N2O. The third-order valence-corrected chi connectivity index (χ3v) is 3.80. The van der Waals surface area contributed by atoms with E-state index in [1.54, 1.807) is 0 Å². The molecule has 1 aliphatic rings. The zero-order chi connectivity index (χ0) is 13.2. The predicted octanol–water partition coefficient (Wildman–Crippen LogP) is 2.24.